The number of carbonyl (C=O) groups excluding carboxylic acids is 1. The molecule has 1 saturated heterocycles. The van der Waals surface area contributed by atoms with E-state index in [9.17, 15) is 9.90 Å². The molecule has 5 heteroatoms. The lowest BCUT2D eigenvalue weighted by Gasteiger charge is -2.41. The number of rotatable bonds is 3. The van der Waals surface area contributed by atoms with Gasteiger partial charge < -0.3 is 14.6 Å². The van der Waals surface area contributed by atoms with Crippen molar-refractivity contribution in [2.45, 2.75) is 30.8 Å². The van der Waals surface area contributed by atoms with Crippen LogP contribution in [-0.2, 0) is 11.8 Å². The lowest BCUT2D eigenvalue weighted by Crippen LogP contribution is -2.51. The molecule has 1 aliphatic heterocycles. The van der Waals surface area contributed by atoms with E-state index in [0.717, 1.165) is 4.90 Å². The number of amides is 1. The van der Waals surface area contributed by atoms with Gasteiger partial charge in [-0.2, -0.15) is 0 Å². The number of thioether (sulfide) groups is 1. The Balaban J connectivity index is 1.65. The molecule has 23 heavy (non-hydrogen) atoms. The Bertz CT molecular complexity index is 723. The van der Waals surface area contributed by atoms with E-state index in [1.165, 1.54) is 10.9 Å². The van der Waals surface area contributed by atoms with Gasteiger partial charge in [0.15, 0.2) is 0 Å². The first-order valence-corrected chi connectivity index (χ1v) is 9.04. The summed E-state index contributed by atoms with van der Waals surface area (Å²) in [6.45, 7) is 5.16. The largest absolute Gasteiger partial charge is 0.390 e. The topological polar surface area (TPSA) is 45.5 Å². The Kier molecular flexibility index (Phi) is 4.43. The molecule has 1 aromatic carbocycles. The van der Waals surface area contributed by atoms with Crippen LogP contribution in [0.4, 0.5) is 0 Å². The molecule has 1 N–H and O–H groups in total. The number of para-hydroxylation sites is 1. The monoisotopic (exact) mass is 332 g/mol. The molecular formula is C18H24N2O2S. The van der Waals surface area contributed by atoms with E-state index in [4.69, 9.17) is 0 Å². The van der Waals surface area contributed by atoms with Gasteiger partial charge in [-0.3, -0.25) is 4.79 Å². The third-order valence-corrected chi connectivity index (χ3v) is 6.04. The molecule has 124 valence electrons. The van der Waals surface area contributed by atoms with Gasteiger partial charge in [-0.1, -0.05) is 25.1 Å². The van der Waals surface area contributed by atoms with Crippen molar-refractivity contribution in [3.8, 4) is 0 Å². The van der Waals surface area contributed by atoms with Gasteiger partial charge in [0.05, 0.1) is 11.4 Å². The number of fused-ring (bicyclic) bond motifs is 1. The first-order valence-electron chi connectivity index (χ1n) is 8.05. The molecule has 1 aliphatic rings. The average molecular weight is 332 g/mol. The molecule has 2 atom stereocenters. The summed E-state index contributed by atoms with van der Waals surface area (Å²) in [5, 5.41) is 11.4. The minimum absolute atomic E-state index is 0.114. The molecule has 0 saturated carbocycles. The molecule has 2 aromatic rings. The number of nitrogens with zero attached hydrogens (tertiary/aromatic N) is 2. The average Bonchev–Trinajstić information content (AvgIpc) is 2.84. The van der Waals surface area contributed by atoms with Gasteiger partial charge in [-0.15, -0.1) is 11.8 Å². The van der Waals surface area contributed by atoms with Gasteiger partial charge in [-0.05, 0) is 19.4 Å². The second-order valence-corrected chi connectivity index (χ2v) is 7.78. The number of hydrogen-bond acceptors (Lipinski definition) is 3. The summed E-state index contributed by atoms with van der Waals surface area (Å²) in [6.07, 6.45) is 2.74. The van der Waals surface area contributed by atoms with E-state index >= 15 is 0 Å². The van der Waals surface area contributed by atoms with Gasteiger partial charge >= 0.3 is 0 Å². The fourth-order valence-electron chi connectivity index (χ4n) is 3.10. The van der Waals surface area contributed by atoms with E-state index in [2.05, 4.69) is 22.9 Å². The van der Waals surface area contributed by atoms with Gasteiger partial charge in [0.25, 0.3) is 0 Å². The molecule has 2 heterocycles. The fraction of sp³-hybridized carbons (Fsp3) is 0.500. The molecule has 1 fully saturated rings. The molecule has 0 spiro atoms. The zero-order valence-corrected chi connectivity index (χ0v) is 14.8. The molecule has 4 nitrogen and oxygen atoms in total. The summed E-state index contributed by atoms with van der Waals surface area (Å²) < 4.78 is 2.10. The number of piperidine rings is 1. The van der Waals surface area contributed by atoms with Crippen molar-refractivity contribution in [2.24, 2.45) is 13.0 Å². The van der Waals surface area contributed by atoms with E-state index in [0.29, 0.717) is 25.3 Å². The SMILES string of the molecule is C[C@@H]1CN(C(=O)CSc2cn(C)c3ccccc23)CC[C@]1(C)O. The van der Waals surface area contributed by atoms with Gasteiger partial charge in [-0.25, -0.2) is 0 Å². The Morgan fingerprint density at radius 2 is 2.17 bits per heavy atom. The van der Waals surface area contributed by atoms with Crippen molar-refractivity contribution >= 4 is 28.6 Å². The molecule has 0 radical (unpaired) electrons. The maximum Gasteiger partial charge on any atom is 0.232 e. The molecule has 0 bridgehead atoms. The number of carbonyl (C=O) groups is 1. The molecule has 0 unspecified atom stereocenters. The number of likely N-dealkylation sites (tertiary alicyclic amines) is 1. The molecule has 1 aromatic heterocycles. The van der Waals surface area contributed by atoms with Gasteiger partial charge in [0.1, 0.15) is 0 Å². The quantitative estimate of drug-likeness (QED) is 0.879. The van der Waals surface area contributed by atoms with E-state index in [-0.39, 0.29) is 11.8 Å². The van der Waals surface area contributed by atoms with E-state index < -0.39 is 5.60 Å². The van der Waals surface area contributed by atoms with Crippen LogP contribution in [-0.4, -0.2) is 44.9 Å². The predicted molar refractivity (Wildman–Crippen MR) is 94.6 cm³/mol. The van der Waals surface area contributed by atoms with Crippen LogP contribution in [0.25, 0.3) is 10.9 Å². The van der Waals surface area contributed by atoms with Crippen LogP contribution >= 0.6 is 11.8 Å². The predicted octanol–water partition coefficient (Wildman–Crippen LogP) is 2.89. The number of aryl methyl sites for hydroxylation is 1. The Morgan fingerprint density at radius 1 is 1.43 bits per heavy atom. The maximum atomic E-state index is 12.5. The molecule has 0 aliphatic carbocycles. The number of hydrogen-bond donors (Lipinski definition) is 1. The van der Waals surface area contributed by atoms with Crippen molar-refractivity contribution in [3.63, 3.8) is 0 Å². The highest BCUT2D eigenvalue weighted by molar-refractivity contribution is 8.00. The van der Waals surface area contributed by atoms with Crippen LogP contribution in [0.2, 0.25) is 0 Å². The third-order valence-electron chi connectivity index (χ3n) is 5.01. The van der Waals surface area contributed by atoms with Gasteiger partial charge in [0.2, 0.25) is 5.91 Å². The summed E-state index contributed by atoms with van der Waals surface area (Å²) in [4.78, 5) is 15.5. The van der Waals surface area contributed by atoms with E-state index in [1.807, 2.05) is 37.9 Å². The summed E-state index contributed by atoms with van der Waals surface area (Å²) in [7, 11) is 2.03. The number of benzene rings is 1. The lowest BCUT2D eigenvalue weighted by molar-refractivity contribution is -0.135. The lowest BCUT2D eigenvalue weighted by atomic mass is 9.84. The Morgan fingerprint density at radius 3 is 2.91 bits per heavy atom. The zero-order valence-electron chi connectivity index (χ0n) is 14.0. The summed E-state index contributed by atoms with van der Waals surface area (Å²) in [5.41, 5.74) is 0.532. The minimum Gasteiger partial charge on any atom is -0.390 e. The highest BCUT2D eigenvalue weighted by Gasteiger charge is 2.35. The van der Waals surface area contributed by atoms with Crippen molar-refractivity contribution in [2.75, 3.05) is 18.8 Å². The Hall–Kier alpha value is -1.46. The third kappa shape index (κ3) is 3.26. The van der Waals surface area contributed by atoms with E-state index in [1.54, 1.807) is 11.8 Å². The summed E-state index contributed by atoms with van der Waals surface area (Å²) >= 11 is 1.60. The zero-order chi connectivity index (χ0) is 16.6. The number of aliphatic hydroxyl groups is 1. The second kappa shape index (κ2) is 6.21. The van der Waals surface area contributed by atoms with Crippen molar-refractivity contribution in [3.05, 3.63) is 30.5 Å². The molecular weight excluding hydrogens is 308 g/mol. The highest BCUT2D eigenvalue weighted by atomic mass is 32.2. The minimum atomic E-state index is -0.653. The molecule has 3 rings (SSSR count). The molecule has 1 amide bonds. The first-order chi connectivity index (χ1) is 10.9. The smallest absolute Gasteiger partial charge is 0.232 e. The summed E-state index contributed by atoms with van der Waals surface area (Å²) in [5.74, 6) is 0.719. The van der Waals surface area contributed by atoms with Gasteiger partial charge in [0, 0.05) is 48.1 Å². The van der Waals surface area contributed by atoms with Crippen molar-refractivity contribution in [1.82, 2.24) is 9.47 Å². The first kappa shape index (κ1) is 16.4. The highest BCUT2D eigenvalue weighted by Crippen LogP contribution is 2.31. The van der Waals surface area contributed by atoms with Crippen LogP contribution in [0.5, 0.6) is 0 Å². The second-order valence-electron chi connectivity index (χ2n) is 6.76. The summed E-state index contributed by atoms with van der Waals surface area (Å²) in [6, 6.07) is 8.25. The van der Waals surface area contributed by atoms with Crippen LogP contribution in [0.3, 0.4) is 0 Å². The van der Waals surface area contributed by atoms with Crippen LogP contribution in [0.15, 0.2) is 35.4 Å². The van der Waals surface area contributed by atoms with Crippen LogP contribution < -0.4 is 0 Å². The van der Waals surface area contributed by atoms with Crippen LogP contribution in [0.1, 0.15) is 20.3 Å². The normalized spacial score (nSPS) is 25.0. The standard InChI is InChI=1S/C18H24N2O2S/c1-13-10-20(9-8-18(13,2)22)17(21)12-23-16-11-19(3)15-7-5-4-6-14(15)16/h4-7,11,13,22H,8-10,12H2,1-3H3/t13-,18+/m1/s1. The number of aromatic nitrogens is 1. The maximum absolute atomic E-state index is 12.5. The van der Waals surface area contributed by atoms with Crippen LogP contribution in [0, 0.1) is 5.92 Å². The van der Waals surface area contributed by atoms with Crippen molar-refractivity contribution in [1.29, 1.82) is 0 Å². The fourth-order valence-corrected chi connectivity index (χ4v) is 4.13. The Labute approximate surface area is 141 Å². The van der Waals surface area contributed by atoms with Crippen molar-refractivity contribution < 1.29 is 9.90 Å².